The molecule has 0 bridgehead atoms. The summed E-state index contributed by atoms with van der Waals surface area (Å²) in [5.41, 5.74) is 2.15. The van der Waals surface area contributed by atoms with Crippen molar-refractivity contribution in [1.82, 2.24) is 9.80 Å². The molecule has 0 radical (unpaired) electrons. The van der Waals surface area contributed by atoms with Gasteiger partial charge in [0.1, 0.15) is 11.6 Å². The molecule has 1 fully saturated rings. The number of hydrogen-bond donors (Lipinski definition) is 0. The minimum Gasteiger partial charge on any atom is -0.331 e. The number of rotatable bonds is 6. The molecule has 1 aliphatic rings. The van der Waals surface area contributed by atoms with E-state index in [-0.39, 0.29) is 18.2 Å². The Hall–Kier alpha value is -3.39. The molecule has 0 spiro atoms. The molecule has 0 saturated carbocycles. The topological polar surface area (TPSA) is 64.4 Å². The van der Waals surface area contributed by atoms with E-state index in [0.29, 0.717) is 18.4 Å². The molecular weight excluding hydrogens is 374 g/mol. The van der Waals surface area contributed by atoms with E-state index in [2.05, 4.69) is 12.6 Å². The number of likely N-dealkylation sites (N-methyl/N-ethyl adjacent to an activating group) is 2. The van der Waals surface area contributed by atoms with Gasteiger partial charge < -0.3 is 9.80 Å². The Morgan fingerprint density at radius 3 is 2.43 bits per heavy atom. The largest absolute Gasteiger partial charge is 0.331 e. The van der Waals surface area contributed by atoms with Crippen molar-refractivity contribution in [2.75, 3.05) is 14.1 Å². The summed E-state index contributed by atoms with van der Waals surface area (Å²) < 4.78 is 0. The SMILES string of the molecule is C=Cc1cccc(C#N)c1CC1C(=O)N(C)C(CC)(Cc2ccccc2)C(=O)N1C. The molecule has 1 heterocycles. The van der Waals surface area contributed by atoms with Crippen LogP contribution in [0.5, 0.6) is 0 Å². The van der Waals surface area contributed by atoms with Gasteiger partial charge in [-0.2, -0.15) is 5.26 Å². The van der Waals surface area contributed by atoms with Gasteiger partial charge in [0.15, 0.2) is 0 Å². The van der Waals surface area contributed by atoms with Gasteiger partial charge in [0.2, 0.25) is 11.8 Å². The Labute approximate surface area is 178 Å². The van der Waals surface area contributed by atoms with Gasteiger partial charge in [0.25, 0.3) is 0 Å². The first-order chi connectivity index (χ1) is 14.4. The van der Waals surface area contributed by atoms with Gasteiger partial charge in [-0.25, -0.2) is 0 Å². The minimum atomic E-state index is -0.917. The second-order valence-corrected chi connectivity index (χ2v) is 7.77. The lowest BCUT2D eigenvalue weighted by molar-refractivity contribution is -0.167. The first kappa shape index (κ1) is 21.3. The van der Waals surface area contributed by atoms with Crippen LogP contribution >= 0.6 is 0 Å². The predicted molar refractivity (Wildman–Crippen MR) is 117 cm³/mol. The van der Waals surface area contributed by atoms with Crippen molar-refractivity contribution in [3.8, 4) is 6.07 Å². The molecule has 154 valence electrons. The fourth-order valence-electron chi connectivity index (χ4n) is 4.40. The molecule has 2 atom stereocenters. The monoisotopic (exact) mass is 401 g/mol. The van der Waals surface area contributed by atoms with Crippen LogP contribution in [0.2, 0.25) is 0 Å². The van der Waals surface area contributed by atoms with Gasteiger partial charge in [-0.15, -0.1) is 0 Å². The Bertz CT molecular complexity index is 1010. The highest BCUT2D eigenvalue weighted by atomic mass is 16.2. The maximum absolute atomic E-state index is 13.6. The molecule has 2 aromatic carbocycles. The van der Waals surface area contributed by atoms with E-state index in [1.807, 2.05) is 43.3 Å². The predicted octanol–water partition coefficient (Wildman–Crippen LogP) is 3.43. The van der Waals surface area contributed by atoms with E-state index in [0.717, 1.165) is 16.7 Å². The quantitative estimate of drug-likeness (QED) is 0.745. The molecule has 1 aliphatic heterocycles. The Morgan fingerprint density at radius 2 is 1.83 bits per heavy atom. The van der Waals surface area contributed by atoms with Gasteiger partial charge in [-0.05, 0) is 29.2 Å². The molecule has 2 amide bonds. The Kier molecular flexibility index (Phi) is 6.07. The van der Waals surface area contributed by atoms with E-state index in [1.54, 1.807) is 42.1 Å². The third kappa shape index (κ3) is 3.50. The zero-order valence-electron chi connectivity index (χ0n) is 17.8. The minimum absolute atomic E-state index is 0.0736. The van der Waals surface area contributed by atoms with Crippen molar-refractivity contribution in [2.24, 2.45) is 0 Å². The number of nitriles is 1. The van der Waals surface area contributed by atoms with Crippen LogP contribution in [0.15, 0.2) is 55.1 Å². The number of nitrogens with zero attached hydrogens (tertiary/aromatic N) is 3. The van der Waals surface area contributed by atoms with Gasteiger partial charge in [-0.1, -0.05) is 62.0 Å². The zero-order chi connectivity index (χ0) is 21.9. The highest BCUT2D eigenvalue weighted by molar-refractivity contribution is 6.00. The average molecular weight is 402 g/mol. The fraction of sp³-hybridized carbons (Fsp3) is 0.320. The second-order valence-electron chi connectivity index (χ2n) is 7.77. The molecule has 30 heavy (non-hydrogen) atoms. The molecular formula is C25H27N3O2. The normalized spacial score (nSPS) is 21.5. The summed E-state index contributed by atoms with van der Waals surface area (Å²) in [7, 11) is 3.41. The van der Waals surface area contributed by atoms with E-state index < -0.39 is 11.6 Å². The van der Waals surface area contributed by atoms with E-state index >= 15 is 0 Å². The number of benzene rings is 2. The zero-order valence-corrected chi connectivity index (χ0v) is 17.8. The maximum Gasteiger partial charge on any atom is 0.249 e. The highest BCUT2D eigenvalue weighted by Crippen LogP contribution is 2.33. The van der Waals surface area contributed by atoms with Crippen LogP contribution in [0.4, 0.5) is 0 Å². The van der Waals surface area contributed by atoms with Gasteiger partial charge >= 0.3 is 0 Å². The molecule has 5 nitrogen and oxygen atoms in total. The molecule has 5 heteroatoms. The lowest BCUT2D eigenvalue weighted by Gasteiger charge is -2.50. The first-order valence-electron chi connectivity index (χ1n) is 10.1. The smallest absolute Gasteiger partial charge is 0.249 e. The summed E-state index contributed by atoms with van der Waals surface area (Å²) >= 11 is 0. The number of carbonyl (C=O) groups is 2. The maximum atomic E-state index is 13.6. The van der Waals surface area contributed by atoms with Crippen molar-refractivity contribution in [1.29, 1.82) is 5.26 Å². The van der Waals surface area contributed by atoms with E-state index in [1.165, 1.54) is 0 Å². The van der Waals surface area contributed by atoms with Crippen molar-refractivity contribution in [3.05, 3.63) is 77.4 Å². The van der Waals surface area contributed by atoms with Crippen LogP contribution in [0.1, 0.15) is 35.6 Å². The summed E-state index contributed by atoms with van der Waals surface area (Å²) in [5.74, 6) is -0.187. The third-order valence-corrected chi connectivity index (χ3v) is 6.32. The van der Waals surface area contributed by atoms with Crippen molar-refractivity contribution in [2.45, 2.75) is 37.8 Å². The average Bonchev–Trinajstić information content (AvgIpc) is 2.78. The van der Waals surface area contributed by atoms with Crippen molar-refractivity contribution >= 4 is 17.9 Å². The molecule has 3 rings (SSSR count). The number of piperazine rings is 1. The van der Waals surface area contributed by atoms with Gasteiger partial charge in [0, 0.05) is 26.9 Å². The lowest BCUT2D eigenvalue weighted by atomic mass is 9.81. The number of carbonyl (C=O) groups excluding carboxylic acids is 2. The summed E-state index contributed by atoms with van der Waals surface area (Å²) in [6.07, 6.45) is 2.95. The molecule has 2 unspecified atom stereocenters. The molecule has 0 aliphatic carbocycles. The summed E-state index contributed by atoms with van der Waals surface area (Å²) in [6, 6.07) is 16.7. The Balaban J connectivity index is 1.98. The van der Waals surface area contributed by atoms with E-state index in [9.17, 15) is 14.9 Å². The summed E-state index contributed by atoms with van der Waals surface area (Å²) in [4.78, 5) is 30.3. The van der Waals surface area contributed by atoms with Crippen LogP contribution in [0.25, 0.3) is 6.08 Å². The standard InChI is InChI=1S/C25H27N3O2/c1-5-19-13-10-14-20(17-26)21(19)15-22-23(29)28(4)25(6-2,24(30)27(22)3)16-18-11-8-7-9-12-18/h5,7-14,22H,1,6,15-16H2,2-4H3. The van der Waals surface area contributed by atoms with Crippen LogP contribution < -0.4 is 0 Å². The third-order valence-electron chi connectivity index (χ3n) is 6.32. The second kappa shape index (κ2) is 8.54. The first-order valence-corrected chi connectivity index (χ1v) is 10.1. The molecule has 1 saturated heterocycles. The van der Waals surface area contributed by atoms with Crippen LogP contribution in [-0.2, 0) is 22.4 Å². The van der Waals surface area contributed by atoms with Crippen molar-refractivity contribution in [3.63, 3.8) is 0 Å². The molecule has 0 N–H and O–H groups in total. The molecule has 0 aromatic heterocycles. The summed E-state index contributed by atoms with van der Waals surface area (Å²) in [6.45, 7) is 5.77. The van der Waals surface area contributed by atoms with E-state index in [4.69, 9.17) is 0 Å². The van der Waals surface area contributed by atoms with Gasteiger partial charge in [0.05, 0.1) is 11.6 Å². The number of amides is 2. The highest BCUT2D eigenvalue weighted by Gasteiger charge is 2.52. The van der Waals surface area contributed by atoms with Crippen LogP contribution in [0, 0.1) is 11.3 Å². The Morgan fingerprint density at radius 1 is 1.13 bits per heavy atom. The fourth-order valence-corrected chi connectivity index (χ4v) is 4.40. The number of hydrogen-bond acceptors (Lipinski definition) is 3. The van der Waals surface area contributed by atoms with Crippen molar-refractivity contribution < 1.29 is 9.59 Å². The lowest BCUT2D eigenvalue weighted by Crippen LogP contribution is -2.70. The van der Waals surface area contributed by atoms with Gasteiger partial charge in [-0.3, -0.25) is 9.59 Å². The van der Waals surface area contributed by atoms with Crippen LogP contribution in [-0.4, -0.2) is 47.3 Å². The van der Waals surface area contributed by atoms with Crippen LogP contribution in [0.3, 0.4) is 0 Å². The summed E-state index contributed by atoms with van der Waals surface area (Å²) in [5, 5.41) is 9.53. The molecule has 2 aromatic rings.